The molecule has 100 valence electrons. The number of carbonyl (C=O) groups is 1. The molecule has 0 saturated carbocycles. The summed E-state index contributed by atoms with van der Waals surface area (Å²) in [5.74, 6) is -1.95. The number of benzene rings is 1. The predicted molar refractivity (Wildman–Crippen MR) is 65.0 cm³/mol. The number of hydrogen-bond acceptors (Lipinski definition) is 4. The van der Waals surface area contributed by atoms with Crippen molar-refractivity contribution in [3.63, 3.8) is 0 Å². The van der Waals surface area contributed by atoms with Gasteiger partial charge in [0.1, 0.15) is 10.7 Å². The van der Waals surface area contributed by atoms with E-state index in [1.165, 1.54) is 0 Å². The first-order chi connectivity index (χ1) is 8.27. The maximum atomic E-state index is 13.3. The van der Waals surface area contributed by atoms with E-state index in [9.17, 15) is 17.6 Å². The summed E-state index contributed by atoms with van der Waals surface area (Å²) < 4.78 is 40.3. The molecule has 0 aliphatic heterocycles. The predicted octanol–water partition coefficient (Wildman–Crippen LogP) is 2.97. The molecule has 0 spiro atoms. The van der Waals surface area contributed by atoms with E-state index in [1.807, 2.05) is 0 Å². The van der Waals surface area contributed by atoms with Crippen molar-refractivity contribution in [2.75, 3.05) is 6.61 Å². The highest BCUT2D eigenvalue weighted by Crippen LogP contribution is 2.26. The van der Waals surface area contributed by atoms with E-state index in [1.54, 1.807) is 6.92 Å². The zero-order valence-corrected chi connectivity index (χ0v) is 11.6. The molecule has 0 aromatic heterocycles. The lowest BCUT2D eigenvalue weighted by Gasteiger charge is -2.07. The first-order valence-electron chi connectivity index (χ1n) is 4.88. The van der Waals surface area contributed by atoms with Crippen LogP contribution in [0.25, 0.3) is 0 Å². The molecule has 0 N–H and O–H groups in total. The van der Waals surface area contributed by atoms with E-state index in [0.717, 1.165) is 6.07 Å². The zero-order chi connectivity index (χ0) is 13.9. The first kappa shape index (κ1) is 15.2. The maximum absolute atomic E-state index is 13.3. The smallest absolute Gasteiger partial charge is 0.339 e. The van der Waals surface area contributed by atoms with Crippen LogP contribution in [0.5, 0.6) is 0 Å². The van der Waals surface area contributed by atoms with Crippen LogP contribution in [0.1, 0.15) is 23.7 Å². The molecule has 0 atom stereocenters. The molecule has 0 saturated heterocycles. The van der Waals surface area contributed by atoms with Gasteiger partial charge in [-0.1, -0.05) is 18.5 Å². The minimum Gasteiger partial charge on any atom is -0.462 e. The molecule has 1 rings (SSSR count). The Morgan fingerprint density at radius 3 is 2.56 bits per heavy atom. The Labute approximate surface area is 113 Å². The largest absolute Gasteiger partial charge is 0.462 e. The van der Waals surface area contributed by atoms with Gasteiger partial charge in [-0.15, -0.1) is 0 Å². The van der Waals surface area contributed by atoms with Gasteiger partial charge in [0.2, 0.25) is 0 Å². The SMILES string of the molecule is CCCOC(=O)c1cc(S(=O)(=O)Cl)c(F)cc1Cl. The molecule has 4 nitrogen and oxygen atoms in total. The van der Waals surface area contributed by atoms with Gasteiger partial charge in [0.25, 0.3) is 9.05 Å². The molecule has 1 aromatic carbocycles. The summed E-state index contributed by atoms with van der Waals surface area (Å²) in [6, 6.07) is 1.47. The van der Waals surface area contributed by atoms with Crippen molar-refractivity contribution < 1.29 is 22.3 Å². The van der Waals surface area contributed by atoms with Gasteiger partial charge in [0.15, 0.2) is 0 Å². The van der Waals surface area contributed by atoms with Crippen LogP contribution in [-0.4, -0.2) is 21.0 Å². The molecule has 1 aromatic rings. The molecule has 0 aliphatic carbocycles. The Bertz CT molecular complexity index is 571. The highest BCUT2D eigenvalue weighted by atomic mass is 35.7. The second-order valence-electron chi connectivity index (χ2n) is 3.34. The Morgan fingerprint density at radius 2 is 2.06 bits per heavy atom. The third kappa shape index (κ3) is 3.57. The normalized spacial score (nSPS) is 11.3. The third-order valence-electron chi connectivity index (χ3n) is 1.94. The Balaban J connectivity index is 3.26. The van der Waals surface area contributed by atoms with Crippen molar-refractivity contribution in [1.29, 1.82) is 0 Å². The van der Waals surface area contributed by atoms with Gasteiger partial charge in [0.05, 0.1) is 17.2 Å². The zero-order valence-electron chi connectivity index (χ0n) is 9.24. The van der Waals surface area contributed by atoms with Crippen molar-refractivity contribution in [3.05, 3.63) is 28.5 Å². The lowest BCUT2D eigenvalue weighted by Crippen LogP contribution is -2.09. The van der Waals surface area contributed by atoms with Crippen LogP contribution in [0.2, 0.25) is 5.02 Å². The second-order valence-corrected chi connectivity index (χ2v) is 6.28. The minimum atomic E-state index is -4.30. The Kier molecular flexibility index (Phi) is 4.95. The van der Waals surface area contributed by atoms with E-state index < -0.39 is 25.7 Å². The summed E-state index contributed by atoms with van der Waals surface area (Å²) in [6.07, 6.45) is 0.589. The summed E-state index contributed by atoms with van der Waals surface area (Å²) in [5.41, 5.74) is -0.245. The number of carbonyl (C=O) groups excluding carboxylic acids is 1. The fourth-order valence-electron chi connectivity index (χ4n) is 1.14. The maximum Gasteiger partial charge on any atom is 0.339 e. The van der Waals surface area contributed by atoms with Crippen molar-refractivity contribution in [2.24, 2.45) is 0 Å². The van der Waals surface area contributed by atoms with Crippen LogP contribution in [0.15, 0.2) is 17.0 Å². The summed E-state index contributed by atoms with van der Waals surface area (Å²) >= 11 is 5.65. The van der Waals surface area contributed by atoms with Crippen molar-refractivity contribution in [1.82, 2.24) is 0 Å². The number of ether oxygens (including phenoxy) is 1. The fraction of sp³-hybridized carbons (Fsp3) is 0.300. The van der Waals surface area contributed by atoms with Gasteiger partial charge in [-0.3, -0.25) is 0 Å². The highest BCUT2D eigenvalue weighted by Gasteiger charge is 2.22. The molecule has 0 fully saturated rings. The number of esters is 1. The first-order valence-corrected chi connectivity index (χ1v) is 7.57. The lowest BCUT2D eigenvalue weighted by atomic mass is 10.2. The van der Waals surface area contributed by atoms with Crippen LogP contribution in [0, 0.1) is 5.82 Å². The number of rotatable bonds is 4. The molecule has 0 unspecified atom stereocenters. The van der Waals surface area contributed by atoms with Crippen molar-refractivity contribution in [2.45, 2.75) is 18.2 Å². The van der Waals surface area contributed by atoms with E-state index in [4.69, 9.17) is 27.0 Å². The molecule has 0 heterocycles. The molecule has 0 radical (unpaired) electrons. The van der Waals surface area contributed by atoms with Crippen LogP contribution in [0.4, 0.5) is 4.39 Å². The van der Waals surface area contributed by atoms with Gasteiger partial charge in [-0.2, -0.15) is 0 Å². The average molecular weight is 315 g/mol. The Hall–Kier alpha value is -0.850. The van der Waals surface area contributed by atoms with E-state index >= 15 is 0 Å². The molecule has 0 bridgehead atoms. The van der Waals surface area contributed by atoms with Gasteiger partial charge in [0, 0.05) is 10.7 Å². The van der Waals surface area contributed by atoms with Gasteiger partial charge in [-0.05, 0) is 18.6 Å². The van der Waals surface area contributed by atoms with E-state index in [-0.39, 0.29) is 17.2 Å². The van der Waals surface area contributed by atoms with Crippen molar-refractivity contribution in [3.8, 4) is 0 Å². The van der Waals surface area contributed by atoms with Crippen LogP contribution in [0.3, 0.4) is 0 Å². The molecule has 0 aliphatic rings. The van der Waals surface area contributed by atoms with Crippen molar-refractivity contribution >= 4 is 37.3 Å². The lowest BCUT2D eigenvalue weighted by molar-refractivity contribution is 0.0505. The summed E-state index contributed by atoms with van der Waals surface area (Å²) in [7, 11) is 0.738. The van der Waals surface area contributed by atoms with Gasteiger partial charge in [-0.25, -0.2) is 17.6 Å². The standard InChI is InChI=1S/C10H9Cl2FO4S/c1-2-3-17-10(14)6-4-9(18(12,15)16)8(13)5-7(6)11/h4-5H,2-3H2,1H3. The van der Waals surface area contributed by atoms with Crippen LogP contribution >= 0.6 is 22.3 Å². The van der Waals surface area contributed by atoms with Crippen LogP contribution in [-0.2, 0) is 13.8 Å². The number of halogens is 3. The van der Waals surface area contributed by atoms with E-state index in [0.29, 0.717) is 12.5 Å². The molecule has 18 heavy (non-hydrogen) atoms. The second kappa shape index (κ2) is 5.86. The summed E-state index contributed by atoms with van der Waals surface area (Å²) in [5, 5.41) is -0.238. The number of hydrogen-bond donors (Lipinski definition) is 0. The summed E-state index contributed by atoms with van der Waals surface area (Å²) in [6.45, 7) is 1.93. The quantitative estimate of drug-likeness (QED) is 0.633. The van der Waals surface area contributed by atoms with Crippen LogP contribution < -0.4 is 0 Å². The summed E-state index contributed by atoms with van der Waals surface area (Å²) in [4.78, 5) is 10.7. The topological polar surface area (TPSA) is 60.4 Å². The molecule has 8 heteroatoms. The Morgan fingerprint density at radius 1 is 1.44 bits per heavy atom. The van der Waals surface area contributed by atoms with E-state index in [2.05, 4.69) is 0 Å². The monoisotopic (exact) mass is 314 g/mol. The van der Waals surface area contributed by atoms with Gasteiger partial charge >= 0.3 is 5.97 Å². The minimum absolute atomic E-state index is 0.148. The van der Waals surface area contributed by atoms with Gasteiger partial charge < -0.3 is 4.74 Å². The third-order valence-corrected chi connectivity index (χ3v) is 3.59. The molecule has 0 amide bonds. The average Bonchev–Trinajstić information content (AvgIpc) is 2.24. The highest BCUT2D eigenvalue weighted by molar-refractivity contribution is 8.13. The fourth-order valence-corrected chi connectivity index (χ4v) is 2.28. The molecular formula is C10H9Cl2FO4S. The molecular weight excluding hydrogens is 306 g/mol.